The molecule has 0 N–H and O–H groups in total. The molecule has 1 aromatic carbocycles. The van der Waals surface area contributed by atoms with Crippen LogP contribution in [0.4, 0.5) is 26.3 Å². The predicted octanol–water partition coefficient (Wildman–Crippen LogP) is 5.69. The van der Waals surface area contributed by atoms with Gasteiger partial charge in [-0.1, -0.05) is 17.5 Å². The summed E-state index contributed by atoms with van der Waals surface area (Å²) in [5.41, 5.74) is 0.491. The van der Waals surface area contributed by atoms with Crippen LogP contribution in [0.15, 0.2) is 69.2 Å². The molecule has 3 aliphatic rings. The Morgan fingerprint density at radius 3 is 1.88 bits per heavy atom. The van der Waals surface area contributed by atoms with Crippen LogP contribution < -0.4 is 0 Å². The van der Waals surface area contributed by atoms with Gasteiger partial charge < -0.3 is 0 Å². The van der Waals surface area contributed by atoms with Crippen LogP contribution in [-0.4, -0.2) is 6.18 Å². The number of nitrogens with zero attached hydrogens (tertiary/aromatic N) is 4. The molecule has 0 spiro atoms. The van der Waals surface area contributed by atoms with Gasteiger partial charge in [-0.25, -0.2) is 0 Å². The Balaban J connectivity index is 2.17. The summed E-state index contributed by atoms with van der Waals surface area (Å²) in [5.74, 6) is -2.41. The van der Waals surface area contributed by atoms with Gasteiger partial charge in [0.25, 0.3) is 0 Å². The summed E-state index contributed by atoms with van der Waals surface area (Å²) in [6.45, 7) is 0. The molecule has 1 fully saturated rings. The molecule has 0 amide bonds. The second-order valence-corrected chi connectivity index (χ2v) is 7.42. The molecule has 0 heterocycles. The second-order valence-electron chi connectivity index (χ2n) is 7.42. The van der Waals surface area contributed by atoms with E-state index in [0.717, 1.165) is 18.2 Å². The second kappa shape index (κ2) is 7.41. The quantitative estimate of drug-likeness (QED) is 0.280. The normalized spacial score (nSPS) is 19.9. The van der Waals surface area contributed by atoms with Gasteiger partial charge in [-0.3, -0.25) is 0 Å². The lowest BCUT2D eigenvalue weighted by Gasteiger charge is -2.15. The minimum atomic E-state index is -4.84. The van der Waals surface area contributed by atoms with Crippen LogP contribution in [0.3, 0.4) is 0 Å². The smallest absolute Gasteiger partial charge is 0.192 e. The van der Waals surface area contributed by atoms with Crippen molar-refractivity contribution < 1.29 is 26.3 Å². The molecule has 1 saturated carbocycles. The van der Waals surface area contributed by atoms with Gasteiger partial charge in [0.15, 0.2) is 0 Å². The number of hydrogen-bond acceptors (Lipinski definition) is 4. The van der Waals surface area contributed by atoms with Gasteiger partial charge in [0.05, 0.1) is 5.56 Å². The number of alkyl halides is 6. The van der Waals surface area contributed by atoms with Gasteiger partial charge in [0, 0.05) is 23.0 Å². The lowest BCUT2D eigenvalue weighted by Crippen LogP contribution is -2.12. The fraction of sp³-hybridized carbons (Fsp3) is 0.167. The maximum atomic E-state index is 13.5. The van der Waals surface area contributed by atoms with E-state index in [0.29, 0.717) is 6.08 Å². The molecule has 164 valence electrons. The van der Waals surface area contributed by atoms with Crippen molar-refractivity contribution in [1.82, 2.24) is 0 Å². The van der Waals surface area contributed by atoms with Gasteiger partial charge in [-0.05, 0) is 40.5 Å². The Morgan fingerprint density at radius 2 is 1.35 bits per heavy atom. The Hall–Kier alpha value is -4.72. The number of allylic oxidation sites excluding steroid dienone is 8. The maximum absolute atomic E-state index is 13.5. The van der Waals surface area contributed by atoms with Crippen molar-refractivity contribution in [3.05, 3.63) is 85.9 Å². The summed E-state index contributed by atoms with van der Waals surface area (Å²) in [6, 6.07) is 9.11. The van der Waals surface area contributed by atoms with E-state index in [1.807, 2.05) is 5.73 Å². The number of rotatable bonds is 0. The first kappa shape index (κ1) is 22.5. The van der Waals surface area contributed by atoms with Gasteiger partial charge in [-0.15, -0.1) is 0 Å². The summed E-state index contributed by atoms with van der Waals surface area (Å²) < 4.78 is 80.6. The third kappa shape index (κ3) is 3.15. The van der Waals surface area contributed by atoms with Crippen LogP contribution in [0.5, 0.6) is 0 Å². The molecule has 34 heavy (non-hydrogen) atoms. The molecule has 0 radical (unpaired) electrons. The van der Waals surface area contributed by atoms with Crippen molar-refractivity contribution in [2.24, 2.45) is 5.92 Å². The molecular formula is C24H6F6N4. The lowest BCUT2D eigenvalue weighted by molar-refractivity contribution is -0.137. The molecule has 0 aromatic heterocycles. The van der Waals surface area contributed by atoms with E-state index in [1.54, 1.807) is 24.3 Å². The molecule has 0 bridgehead atoms. The standard InChI is InChI=1S/C24H6F6N4/c25-23(26,27)13-1-3-15-17(5-13)21-20(12(9-33)10-34)16-4-2-14(24(28,29)30)6-18(16)22(21)19(15)11(7-31)8-32/h1,3,5-6,21-22H. The van der Waals surface area contributed by atoms with Crippen LogP contribution in [0, 0.1) is 51.2 Å². The van der Waals surface area contributed by atoms with Crippen molar-refractivity contribution in [3.63, 3.8) is 0 Å². The first-order chi connectivity index (χ1) is 16.0. The number of fused-ring (bicyclic) bond motifs is 5. The first-order valence-corrected chi connectivity index (χ1v) is 9.33. The molecule has 10 heteroatoms. The topological polar surface area (TPSA) is 95.2 Å². The summed E-state index contributed by atoms with van der Waals surface area (Å²) in [5, 5.41) is 38.0. The van der Waals surface area contributed by atoms with Gasteiger partial charge in [0.1, 0.15) is 41.0 Å². The average molecular weight is 464 g/mol. The van der Waals surface area contributed by atoms with Crippen LogP contribution >= 0.6 is 0 Å². The summed E-state index contributed by atoms with van der Waals surface area (Å²) >= 11 is 0. The highest BCUT2D eigenvalue weighted by Gasteiger charge is 2.52. The lowest BCUT2D eigenvalue weighted by atomic mass is 9.86. The third-order valence-electron chi connectivity index (χ3n) is 5.77. The first-order valence-electron chi connectivity index (χ1n) is 9.33. The number of hydrogen-bond donors (Lipinski definition) is 0. The van der Waals surface area contributed by atoms with Crippen molar-refractivity contribution in [1.29, 1.82) is 21.0 Å². The summed E-state index contributed by atoms with van der Waals surface area (Å²) in [4.78, 5) is 0. The van der Waals surface area contributed by atoms with E-state index in [1.165, 1.54) is 0 Å². The highest BCUT2D eigenvalue weighted by atomic mass is 19.4. The molecule has 1 aromatic rings. The van der Waals surface area contributed by atoms with Crippen molar-refractivity contribution in [2.45, 2.75) is 18.3 Å². The summed E-state index contributed by atoms with van der Waals surface area (Å²) in [7, 11) is 0. The van der Waals surface area contributed by atoms with Gasteiger partial charge in [-0.2, -0.15) is 47.4 Å². The minimum absolute atomic E-state index is 0.0564. The zero-order valence-electron chi connectivity index (χ0n) is 16.5. The van der Waals surface area contributed by atoms with Crippen molar-refractivity contribution in [2.75, 3.05) is 0 Å². The van der Waals surface area contributed by atoms with Crippen molar-refractivity contribution in [3.8, 4) is 24.3 Å². The van der Waals surface area contributed by atoms with Gasteiger partial charge >= 0.3 is 12.4 Å². The number of benzene rings is 1. The molecule has 3 aliphatic carbocycles. The molecule has 0 saturated heterocycles. The van der Waals surface area contributed by atoms with Gasteiger partial charge in [0.2, 0.25) is 0 Å². The highest BCUT2D eigenvalue weighted by molar-refractivity contribution is 5.91. The van der Waals surface area contributed by atoms with Crippen molar-refractivity contribution >= 4 is 5.57 Å². The van der Waals surface area contributed by atoms with E-state index in [-0.39, 0.29) is 33.4 Å². The molecule has 2 atom stereocenters. The zero-order valence-corrected chi connectivity index (χ0v) is 16.5. The van der Waals surface area contributed by atoms with Crippen LogP contribution in [-0.2, 0) is 6.18 Å². The fourth-order valence-corrected chi connectivity index (χ4v) is 4.52. The zero-order chi connectivity index (χ0) is 25.0. The fourth-order valence-electron chi connectivity index (χ4n) is 4.52. The van der Waals surface area contributed by atoms with Crippen LogP contribution in [0.1, 0.15) is 22.6 Å². The maximum Gasteiger partial charge on any atom is 0.424 e. The van der Waals surface area contributed by atoms with Crippen LogP contribution in [0.25, 0.3) is 5.57 Å². The Labute approximate surface area is 187 Å². The molecule has 0 aliphatic heterocycles. The average Bonchev–Trinajstić information content (AvgIpc) is 3.27. The predicted molar refractivity (Wildman–Crippen MR) is 102 cm³/mol. The van der Waals surface area contributed by atoms with E-state index in [2.05, 4.69) is 5.73 Å². The molecule has 4 rings (SSSR count). The SMILES string of the molecule is N#CC(C#N)=C1c2ccc(C(F)(F)F)cc2C2C(=C(C#N)C#N)C3=C=C=C(C(F)(F)F)C=C3C12. The number of halogens is 6. The van der Waals surface area contributed by atoms with E-state index < -0.39 is 46.5 Å². The Bertz CT molecular complexity index is 1510. The highest BCUT2D eigenvalue weighted by Crippen LogP contribution is 2.63. The monoisotopic (exact) mass is 464 g/mol. The van der Waals surface area contributed by atoms with Crippen LogP contribution in [0.2, 0.25) is 0 Å². The molecular weight excluding hydrogens is 458 g/mol. The van der Waals surface area contributed by atoms with E-state index in [4.69, 9.17) is 0 Å². The van der Waals surface area contributed by atoms with E-state index >= 15 is 0 Å². The summed E-state index contributed by atoms with van der Waals surface area (Å²) in [6.07, 6.45) is -8.91. The third-order valence-corrected chi connectivity index (χ3v) is 5.77. The Morgan fingerprint density at radius 1 is 0.765 bits per heavy atom. The van der Waals surface area contributed by atoms with E-state index in [9.17, 15) is 47.4 Å². The largest absolute Gasteiger partial charge is 0.424 e. The number of nitriles is 4. The Kier molecular flexibility index (Phi) is 4.90. The molecule has 2 unspecified atom stereocenters. The molecule has 4 nitrogen and oxygen atoms in total. The minimum Gasteiger partial charge on any atom is -0.192 e.